The van der Waals surface area contributed by atoms with E-state index in [1.165, 1.54) is 12.1 Å². The van der Waals surface area contributed by atoms with Crippen molar-refractivity contribution in [3.63, 3.8) is 0 Å². The van der Waals surface area contributed by atoms with Gasteiger partial charge in [-0.15, -0.1) is 0 Å². The lowest BCUT2D eigenvalue weighted by Gasteiger charge is -2.07. The molecule has 0 unspecified atom stereocenters. The molecule has 8 heteroatoms. The summed E-state index contributed by atoms with van der Waals surface area (Å²) in [5.41, 5.74) is 2.08. The maximum atomic E-state index is 12.7. The van der Waals surface area contributed by atoms with Crippen molar-refractivity contribution in [2.24, 2.45) is 0 Å². The lowest BCUT2D eigenvalue weighted by atomic mass is 10.3. The number of benzene rings is 2. The molecule has 1 amide bonds. The number of carbonyl (C=O) groups excluding carboxylic acids is 1. The molecule has 0 atom stereocenters. The summed E-state index contributed by atoms with van der Waals surface area (Å²) in [6.07, 6.45) is 0.974. The van der Waals surface area contributed by atoms with Crippen molar-refractivity contribution >= 4 is 34.4 Å². The number of hydrogen-bond acceptors (Lipinski definition) is 3. The van der Waals surface area contributed by atoms with Crippen molar-refractivity contribution in [2.75, 3.05) is 5.32 Å². The molecule has 28 heavy (non-hydrogen) atoms. The van der Waals surface area contributed by atoms with Crippen LogP contribution in [0.5, 0.6) is 0 Å². The summed E-state index contributed by atoms with van der Waals surface area (Å²) in [5, 5.41) is 2.73. The van der Waals surface area contributed by atoms with Crippen molar-refractivity contribution in [1.29, 1.82) is 0 Å². The molecule has 2 aromatic carbocycles. The minimum Gasteiger partial charge on any atom is -0.326 e. The Balaban J connectivity index is 1.68. The number of aromatic nitrogens is 2. The van der Waals surface area contributed by atoms with Gasteiger partial charge in [-0.25, -0.2) is 4.79 Å². The molecule has 0 fully saturated rings. The van der Waals surface area contributed by atoms with Crippen molar-refractivity contribution in [3.8, 4) is 0 Å². The number of para-hydroxylation sites is 2. The maximum absolute atomic E-state index is 12.7. The number of imidazole rings is 1. The third-order valence-corrected chi connectivity index (χ3v) is 5.02. The summed E-state index contributed by atoms with van der Waals surface area (Å²) in [5.74, 6) is -2.72. The van der Waals surface area contributed by atoms with E-state index in [0.717, 1.165) is 17.5 Å². The third-order valence-electron chi connectivity index (χ3n) is 4.30. The fourth-order valence-corrected chi connectivity index (χ4v) is 3.58. The molecule has 3 aromatic rings. The molecule has 5 nitrogen and oxygen atoms in total. The van der Waals surface area contributed by atoms with E-state index < -0.39 is 5.76 Å². The molecule has 0 aliphatic carbocycles. The van der Waals surface area contributed by atoms with Crippen molar-refractivity contribution in [1.82, 2.24) is 9.13 Å². The summed E-state index contributed by atoms with van der Waals surface area (Å²) in [6, 6.07) is 13.8. The van der Waals surface area contributed by atoms with E-state index in [9.17, 15) is 18.4 Å². The van der Waals surface area contributed by atoms with Gasteiger partial charge < -0.3 is 5.32 Å². The Morgan fingerprint density at radius 1 is 1.04 bits per heavy atom. The van der Waals surface area contributed by atoms with Gasteiger partial charge >= 0.3 is 5.69 Å². The molecule has 0 saturated heterocycles. The van der Waals surface area contributed by atoms with Crippen LogP contribution in [0.3, 0.4) is 0 Å². The molecule has 1 heterocycles. The summed E-state index contributed by atoms with van der Waals surface area (Å²) in [4.78, 5) is 25.4. The second-order valence-electron chi connectivity index (χ2n) is 6.28. The van der Waals surface area contributed by atoms with Gasteiger partial charge in [0.05, 0.1) is 11.0 Å². The standard InChI is InChI=1S/C20H21F2N3O2S/c1-2-12-24-16-5-3-4-6-17(16)25(20(24)27)13-11-18(26)23-14-7-9-15(10-8-14)28-19(21)22/h3-10,19H,2,11-13H2,1H3,(H,23,26). The number of hydrogen-bond donors (Lipinski definition) is 1. The highest BCUT2D eigenvalue weighted by Crippen LogP contribution is 2.26. The van der Waals surface area contributed by atoms with Crippen molar-refractivity contribution < 1.29 is 13.6 Å². The number of carbonyl (C=O) groups is 1. The summed E-state index contributed by atoms with van der Waals surface area (Å²) < 4.78 is 28.0. The number of nitrogens with one attached hydrogen (secondary N) is 1. The Bertz CT molecular complexity index is 1010. The Labute approximate surface area is 165 Å². The van der Waals surface area contributed by atoms with Gasteiger partial charge in [-0.3, -0.25) is 13.9 Å². The molecule has 0 saturated carbocycles. The second kappa shape index (κ2) is 9.05. The van der Waals surface area contributed by atoms with E-state index in [1.54, 1.807) is 21.3 Å². The van der Waals surface area contributed by atoms with Crippen LogP contribution in [-0.4, -0.2) is 20.8 Å². The summed E-state index contributed by atoms with van der Waals surface area (Å²) >= 11 is 0.456. The van der Waals surface area contributed by atoms with E-state index in [0.29, 0.717) is 28.9 Å². The van der Waals surface area contributed by atoms with Crippen LogP contribution in [0.15, 0.2) is 58.2 Å². The Kier molecular flexibility index (Phi) is 6.51. The monoisotopic (exact) mass is 405 g/mol. The number of amides is 1. The molecular weight excluding hydrogens is 384 g/mol. The van der Waals surface area contributed by atoms with E-state index in [4.69, 9.17) is 0 Å². The fourth-order valence-electron chi connectivity index (χ4n) is 3.08. The molecule has 0 bridgehead atoms. The number of halogens is 2. The largest absolute Gasteiger partial charge is 0.329 e. The number of thioether (sulfide) groups is 1. The minimum absolute atomic E-state index is 0.121. The number of anilines is 1. The van der Waals surface area contributed by atoms with E-state index in [1.807, 2.05) is 31.2 Å². The highest BCUT2D eigenvalue weighted by Gasteiger charge is 2.13. The smallest absolute Gasteiger partial charge is 0.326 e. The van der Waals surface area contributed by atoms with Crippen LogP contribution in [0.25, 0.3) is 11.0 Å². The Morgan fingerprint density at radius 3 is 2.21 bits per heavy atom. The third kappa shape index (κ3) is 4.62. The van der Waals surface area contributed by atoms with Crippen LogP contribution in [0, 0.1) is 0 Å². The van der Waals surface area contributed by atoms with Crippen LogP contribution in [0.1, 0.15) is 19.8 Å². The van der Waals surface area contributed by atoms with Gasteiger partial charge in [0.25, 0.3) is 5.76 Å². The first-order valence-corrected chi connectivity index (χ1v) is 9.90. The molecule has 0 spiro atoms. The van der Waals surface area contributed by atoms with Gasteiger partial charge in [-0.1, -0.05) is 30.8 Å². The van der Waals surface area contributed by atoms with Gasteiger partial charge in [0, 0.05) is 30.1 Å². The van der Waals surface area contributed by atoms with Crippen molar-refractivity contribution in [2.45, 2.75) is 43.5 Å². The number of alkyl halides is 2. The number of rotatable bonds is 8. The second-order valence-corrected chi connectivity index (χ2v) is 7.34. The molecule has 0 aliphatic heterocycles. The van der Waals surface area contributed by atoms with Gasteiger partial charge in [0.2, 0.25) is 5.91 Å². The summed E-state index contributed by atoms with van der Waals surface area (Å²) in [6.45, 7) is 2.90. The van der Waals surface area contributed by atoms with Gasteiger partial charge in [0.15, 0.2) is 0 Å². The topological polar surface area (TPSA) is 56.0 Å². The lowest BCUT2D eigenvalue weighted by molar-refractivity contribution is -0.116. The zero-order chi connectivity index (χ0) is 20.1. The zero-order valence-corrected chi connectivity index (χ0v) is 16.2. The maximum Gasteiger partial charge on any atom is 0.329 e. The van der Waals surface area contributed by atoms with Crippen molar-refractivity contribution in [3.05, 3.63) is 59.0 Å². The van der Waals surface area contributed by atoms with Crippen LogP contribution in [0.4, 0.5) is 14.5 Å². The zero-order valence-electron chi connectivity index (χ0n) is 15.4. The fraction of sp³-hybridized carbons (Fsp3) is 0.300. The Hall–Kier alpha value is -2.61. The molecule has 148 valence electrons. The first-order chi connectivity index (χ1) is 13.5. The number of fused-ring (bicyclic) bond motifs is 1. The SMILES string of the molecule is CCCn1c(=O)n(CCC(=O)Nc2ccc(SC(F)F)cc2)c2ccccc21. The summed E-state index contributed by atoms with van der Waals surface area (Å²) in [7, 11) is 0. The normalized spacial score (nSPS) is 11.3. The Morgan fingerprint density at radius 2 is 1.64 bits per heavy atom. The van der Waals surface area contributed by atoms with E-state index in [2.05, 4.69) is 5.32 Å². The van der Waals surface area contributed by atoms with E-state index >= 15 is 0 Å². The van der Waals surface area contributed by atoms with E-state index in [-0.39, 0.29) is 24.6 Å². The highest BCUT2D eigenvalue weighted by molar-refractivity contribution is 7.99. The predicted molar refractivity (Wildman–Crippen MR) is 108 cm³/mol. The molecule has 1 aromatic heterocycles. The minimum atomic E-state index is -2.48. The number of aryl methyl sites for hydroxylation is 2. The average molecular weight is 405 g/mol. The van der Waals surface area contributed by atoms with Crippen LogP contribution < -0.4 is 11.0 Å². The molecule has 0 aliphatic rings. The predicted octanol–water partition coefficient (Wildman–Crippen LogP) is 4.56. The van der Waals surface area contributed by atoms with Crippen LogP contribution >= 0.6 is 11.8 Å². The molecule has 3 rings (SSSR count). The van der Waals surface area contributed by atoms with Gasteiger partial charge in [0.1, 0.15) is 0 Å². The molecule has 1 N–H and O–H groups in total. The molecule has 0 radical (unpaired) electrons. The first-order valence-electron chi connectivity index (χ1n) is 9.02. The average Bonchev–Trinajstić information content (AvgIpc) is 2.93. The van der Waals surface area contributed by atoms with Gasteiger partial charge in [-0.05, 0) is 42.8 Å². The van der Waals surface area contributed by atoms with Crippen LogP contribution in [-0.2, 0) is 17.9 Å². The molecular formula is C20H21F2N3O2S. The lowest BCUT2D eigenvalue weighted by Crippen LogP contribution is -2.26. The highest BCUT2D eigenvalue weighted by atomic mass is 32.2. The van der Waals surface area contributed by atoms with Crippen LogP contribution in [0.2, 0.25) is 0 Å². The van der Waals surface area contributed by atoms with Gasteiger partial charge in [-0.2, -0.15) is 8.78 Å². The first kappa shape index (κ1) is 20.1. The quantitative estimate of drug-likeness (QED) is 0.559. The number of nitrogens with zero attached hydrogens (tertiary/aromatic N) is 2.